The summed E-state index contributed by atoms with van der Waals surface area (Å²) in [4.78, 5) is 8.49. The van der Waals surface area contributed by atoms with Gasteiger partial charge in [-0.1, -0.05) is 0 Å². The highest BCUT2D eigenvalue weighted by Crippen LogP contribution is 2.11. The summed E-state index contributed by atoms with van der Waals surface area (Å²) in [6.07, 6.45) is 0.789. The van der Waals surface area contributed by atoms with Crippen LogP contribution >= 0.6 is 0 Å². The molecule has 0 aliphatic heterocycles. The first-order valence-corrected chi connectivity index (χ1v) is 5.38. The van der Waals surface area contributed by atoms with Gasteiger partial charge in [0.15, 0.2) is 0 Å². The number of aryl methyl sites for hydroxylation is 1. The Labute approximate surface area is 96.5 Å². The van der Waals surface area contributed by atoms with Crippen LogP contribution in [-0.4, -0.2) is 23.1 Å². The molecular weight excluding hydrogens is 202 g/mol. The lowest BCUT2D eigenvalue weighted by atomic mass is 10.4. The quantitative estimate of drug-likeness (QED) is 0.608. The van der Waals surface area contributed by atoms with Crippen LogP contribution < -0.4 is 10.1 Å². The fourth-order valence-corrected chi connectivity index (χ4v) is 1.20. The van der Waals surface area contributed by atoms with Gasteiger partial charge in [-0.3, -0.25) is 0 Å². The molecule has 0 amide bonds. The minimum atomic E-state index is 0.598. The lowest BCUT2D eigenvalue weighted by Gasteiger charge is -2.07. The van der Waals surface area contributed by atoms with Gasteiger partial charge in [0.2, 0.25) is 11.8 Å². The number of ether oxygens (including phenoxy) is 1. The van der Waals surface area contributed by atoms with Crippen LogP contribution in [0.2, 0.25) is 0 Å². The highest BCUT2D eigenvalue weighted by atomic mass is 16.5. The number of hydrogen-bond acceptors (Lipinski definition) is 4. The van der Waals surface area contributed by atoms with Crippen molar-refractivity contribution in [2.75, 3.05) is 18.5 Å². The molecule has 0 atom stereocenters. The molecule has 1 N–H and O–H groups in total. The van der Waals surface area contributed by atoms with Gasteiger partial charge in [-0.2, -0.15) is 4.98 Å². The van der Waals surface area contributed by atoms with Crippen molar-refractivity contribution in [2.45, 2.75) is 27.2 Å². The lowest BCUT2D eigenvalue weighted by Crippen LogP contribution is -2.07. The summed E-state index contributed by atoms with van der Waals surface area (Å²) in [5.74, 6) is 7.02. The average molecular weight is 219 g/mol. The van der Waals surface area contributed by atoms with Crippen molar-refractivity contribution >= 4 is 5.95 Å². The van der Waals surface area contributed by atoms with Crippen molar-refractivity contribution in [2.24, 2.45) is 0 Å². The lowest BCUT2D eigenvalue weighted by molar-refractivity contribution is 0.326. The Balaban J connectivity index is 2.60. The standard InChI is InChI=1S/C12H17N3O/c1-4-6-7-8-13-12-14-10(3)9-11(15-12)16-5-2/h9H,5,7-8H2,1-3H3,(H,13,14,15). The zero-order chi connectivity index (χ0) is 11.8. The molecule has 0 unspecified atom stereocenters. The van der Waals surface area contributed by atoms with Crippen LogP contribution in [0.3, 0.4) is 0 Å². The van der Waals surface area contributed by atoms with E-state index in [1.54, 1.807) is 0 Å². The summed E-state index contributed by atoms with van der Waals surface area (Å²) in [7, 11) is 0. The van der Waals surface area contributed by atoms with E-state index in [4.69, 9.17) is 4.74 Å². The third-order valence-electron chi connectivity index (χ3n) is 1.83. The van der Waals surface area contributed by atoms with Crippen LogP contribution in [0.1, 0.15) is 26.0 Å². The van der Waals surface area contributed by atoms with Gasteiger partial charge in [0.05, 0.1) is 6.61 Å². The molecule has 86 valence electrons. The monoisotopic (exact) mass is 219 g/mol. The van der Waals surface area contributed by atoms with Gasteiger partial charge >= 0.3 is 0 Å². The third kappa shape index (κ3) is 4.18. The molecule has 0 aliphatic carbocycles. The van der Waals surface area contributed by atoms with E-state index in [2.05, 4.69) is 27.1 Å². The topological polar surface area (TPSA) is 47.0 Å². The highest BCUT2D eigenvalue weighted by molar-refractivity contribution is 5.30. The van der Waals surface area contributed by atoms with Crippen LogP contribution in [0.25, 0.3) is 0 Å². The summed E-state index contributed by atoms with van der Waals surface area (Å²) in [5.41, 5.74) is 0.891. The van der Waals surface area contributed by atoms with E-state index in [0.29, 0.717) is 18.4 Å². The summed E-state index contributed by atoms with van der Waals surface area (Å²) < 4.78 is 5.34. The number of anilines is 1. The first kappa shape index (κ1) is 12.3. The first-order valence-electron chi connectivity index (χ1n) is 5.38. The van der Waals surface area contributed by atoms with E-state index < -0.39 is 0 Å². The van der Waals surface area contributed by atoms with Gasteiger partial charge in [-0.05, 0) is 20.8 Å². The Morgan fingerprint density at radius 2 is 2.25 bits per heavy atom. The maximum atomic E-state index is 5.34. The molecule has 1 aromatic heterocycles. The van der Waals surface area contributed by atoms with Crippen LogP contribution in [0.15, 0.2) is 6.07 Å². The van der Waals surface area contributed by atoms with E-state index in [-0.39, 0.29) is 0 Å². The Bertz CT molecular complexity index is 393. The van der Waals surface area contributed by atoms with E-state index in [1.165, 1.54) is 0 Å². The molecular formula is C12H17N3O. The Morgan fingerprint density at radius 1 is 1.44 bits per heavy atom. The highest BCUT2D eigenvalue weighted by Gasteiger charge is 2.01. The molecule has 0 spiro atoms. The number of nitrogens with one attached hydrogen (secondary N) is 1. The number of aromatic nitrogens is 2. The van der Waals surface area contributed by atoms with Crippen LogP contribution in [-0.2, 0) is 0 Å². The molecule has 1 heterocycles. The molecule has 0 saturated carbocycles. The second-order valence-corrected chi connectivity index (χ2v) is 3.21. The summed E-state index contributed by atoms with van der Waals surface area (Å²) in [6, 6.07) is 1.82. The molecule has 0 aliphatic rings. The zero-order valence-corrected chi connectivity index (χ0v) is 10.0. The van der Waals surface area contributed by atoms with E-state index in [1.807, 2.05) is 26.8 Å². The molecule has 0 aromatic carbocycles. The van der Waals surface area contributed by atoms with Gasteiger partial charge in [-0.15, -0.1) is 11.8 Å². The van der Waals surface area contributed by atoms with Gasteiger partial charge in [0.1, 0.15) is 0 Å². The average Bonchev–Trinajstić information content (AvgIpc) is 2.24. The summed E-state index contributed by atoms with van der Waals surface area (Å²) in [5, 5.41) is 3.11. The van der Waals surface area contributed by atoms with Gasteiger partial charge < -0.3 is 10.1 Å². The molecule has 16 heavy (non-hydrogen) atoms. The molecule has 0 fully saturated rings. The molecule has 4 nitrogen and oxygen atoms in total. The number of rotatable bonds is 5. The first-order chi connectivity index (χ1) is 7.76. The van der Waals surface area contributed by atoms with Crippen molar-refractivity contribution in [3.8, 4) is 17.7 Å². The van der Waals surface area contributed by atoms with E-state index in [9.17, 15) is 0 Å². The van der Waals surface area contributed by atoms with Gasteiger partial charge in [0, 0.05) is 24.7 Å². The van der Waals surface area contributed by atoms with Crippen LogP contribution in [0.4, 0.5) is 5.95 Å². The molecule has 0 saturated heterocycles. The molecule has 4 heteroatoms. The zero-order valence-electron chi connectivity index (χ0n) is 10.0. The van der Waals surface area contributed by atoms with Crippen LogP contribution in [0.5, 0.6) is 5.88 Å². The maximum Gasteiger partial charge on any atom is 0.226 e. The predicted molar refractivity (Wildman–Crippen MR) is 64.5 cm³/mol. The number of hydrogen-bond donors (Lipinski definition) is 1. The normalized spacial score (nSPS) is 9.19. The smallest absolute Gasteiger partial charge is 0.226 e. The Morgan fingerprint density at radius 3 is 2.94 bits per heavy atom. The fraction of sp³-hybridized carbons (Fsp3) is 0.500. The predicted octanol–water partition coefficient (Wildman–Crippen LogP) is 2.01. The van der Waals surface area contributed by atoms with Gasteiger partial charge in [-0.25, -0.2) is 4.98 Å². The third-order valence-corrected chi connectivity index (χ3v) is 1.83. The molecule has 0 radical (unpaired) electrons. The minimum Gasteiger partial charge on any atom is -0.478 e. The molecule has 1 aromatic rings. The van der Waals surface area contributed by atoms with E-state index in [0.717, 1.165) is 18.7 Å². The SMILES string of the molecule is CC#CCCNc1nc(C)cc(OCC)n1. The summed E-state index contributed by atoms with van der Waals surface area (Å²) >= 11 is 0. The van der Waals surface area contributed by atoms with Crippen molar-refractivity contribution in [3.05, 3.63) is 11.8 Å². The fourth-order valence-electron chi connectivity index (χ4n) is 1.20. The minimum absolute atomic E-state index is 0.598. The Kier molecular flexibility index (Phi) is 5.13. The van der Waals surface area contributed by atoms with Crippen molar-refractivity contribution in [3.63, 3.8) is 0 Å². The van der Waals surface area contributed by atoms with Crippen molar-refractivity contribution < 1.29 is 4.74 Å². The largest absolute Gasteiger partial charge is 0.478 e. The van der Waals surface area contributed by atoms with Crippen LogP contribution in [0, 0.1) is 18.8 Å². The second-order valence-electron chi connectivity index (χ2n) is 3.21. The maximum absolute atomic E-state index is 5.34. The Hall–Kier alpha value is -1.76. The summed E-state index contributed by atoms with van der Waals surface area (Å²) in [6.45, 7) is 7.03. The molecule has 0 bridgehead atoms. The van der Waals surface area contributed by atoms with Crippen molar-refractivity contribution in [1.82, 2.24) is 9.97 Å². The van der Waals surface area contributed by atoms with Gasteiger partial charge in [0.25, 0.3) is 0 Å². The second kappa shape index (κ2) is 6.67. The number of nitrogens with zero attached hydrogens (tertiary/aromatic N) is 2. The molecule has 1 rings (SSSR count). The van der Waals surface area contributed by atoms with E-state index >= 15 is 0 Å². The van der Waals surface area contributed by atoms with Crippen molar-refractivity contribution in [1.29, 1.82) is 0 Å².